The van der Waals surface area contributed by atoms with Gasteiger partial charge in [-0.3, -0.25) is 0 Å². The number of hydrogen-bond donors (Lipinski definition) is 0. The number of carbonyl (C=O) groups excluding carboxylic acids is 1. The third-order valence-corrected chi connectivity index (χ3v) is 0.854. The Morgan fingerprint density at radius 2 is 2.44 bits per heavy atom. The maximum absolute atomic E-state index is 10.4. The van der Waals surface area contributed by atoms with Crippen molar-refractivity contribution in [3.05, 3.63) is 12.2 Å². The van der Waals surface area contributed by atoms with Gasteiger partial charge in [0.25, 0.3) is 6.26 Å². The molecule has 0 fully saturated rings. The highest BCUT2D eigenvalue weighted by Crippen LogP contribution is 1.97. The average molecular weight is 125 g/mol. The summed E-state index contributed by atoms with van der Waals surface area (Å²) in [5.74, 6) is -0.639. The molecule has 48 valence electrons. The molecule has 3 nitrogen and oxygen atoms in total. The predicted molar refractivity (Wildman–Crippen MR) is 31.1 cm³/mol. The molecule has 0 saturated heterocycles. The zero-order chi connectivity index (χ0) is 7.28. The van der Waals surface area contributed by atoms with Gasteiger partial charge in [-0.05, 0) is 6.42 Å². The molecule has 0 atom stereocenters. The van der Waals surface area contributed by atoms with Gasteiger partial charge in [-0.1, -0.05) is 13.5 Å². The van der Waals surface area contributed by atoms with E-state index in [9.17, 15) is 4.79 Å². The van der Waals surface area contributed by atoms with E-state index in [-0.39, 0.29) is 0 Å². The number of esters is 1. The van der Waals surface area contributed by atoms with Crippen LogP contribution in [0.25, 0.3) is 0 Å². The zero-order valence-electron chi connectivity index (χ0n) is 5.18. The first kappa shape index (κ1) is 7.70. The van der Waals surface area contributed by atoms with Crippen molar-refractivity contribution >= 4 is 5.97 Å². The smallest absolute Gasteiger partial charge is 0.347 e. The summed E-state index contributed by atoms with van der Waals surface area (Å²) in [6, 6.07) is 0. The SMILES string of the molecule is C=C(CC)C(=O)OC#N. The van der Waals surface area contributed by atoms with Gasteiger partial charge in [0.15, 0.2) is 0 Å². The summed E-state index contributed by atoms with van der Waals surface area (Å²) < 4.78 is 3.96. The van der Waals surface area contributed by atoms with Crippen LogP contribution in [0, 0.1) is 11.5 Å². The first-order valence-electron chi connectivity index (χ1n) is 2.50. The number of hydrogen-bond acceptors (Lipinski definition) is 3. The molecule has 0 aliphatic rings. The molecule has 0 aliphatic heterocycles. The Morgan fingerprint density at radius 3 is 2.78 bits per heavy atom. The standard InChI is InChI=1S/C6H7NO2/c1-3-5(2)6(8)9-4-7/h2-3H2,1H3. The Balaban J connectivity index is 3.77. The fraction of sp³-hybridized carbons (Fsp3) is 0.333. The van der Waals surface area contributed by atoms with Crippen molar-refractivity contribution in [3.63, 3.8) is 0 Å². The maximum atomic E-state index is 10.4. The third kappa shape index (κ3) is 2.50. The molecule has 0 radical (unpaired) electrons. The van der Waals surface area contributed by atoms with E-state index in [2.05, 4.69) is 11.3 Å². The van der Waals surface area contributed by atoms with Crippen LogP contribution in [0.15, 0.2) is 12.2 Å². The van der Waals surface area contributed by atoms with Crippen LogP contribution >= 0.6 is 0 Å². The van der Waals surface area contributed by atoms with Crippen molar-refractivity contribution in [2.24, 2.45) is 0 Å². The summed E-state index contributed by atoms with van der Waals surface area (Å²) in [4.78, 5) is 10.4. The molecule has 3 heteroatoms. The topological polar surface area (TPSA) is 50.1 Å². The number of ether oxygens (including phenoxy) is 1. The Kier molecular flexibility index (Phi) is 3.14. The lowest BCUT2D eigenvalue weighted by molar-refractivity contribution is -0.132. The van der Waals surface area contributed by atoms with Gasteiger partial charge in [0, 0.05) is 5.57 Å². The van der Waals surface area contributed by atoms with Crippen molar-refractivity contribution < 1.29 is 9.53 Å². The molecule has 9 heavy (non-hydrogen) atoms. The van der Waals surface area contributed by atoms with E-state index in [1.54, 1.807) is 6.92 Å². The minimum absolute atomic E-state index is 0.316. The van der Waals surface area contributed by atoms with Crippen LogP contribution < -0.4 is 0 Å². The second kappa shape index (κ2) is 3.67. The molecule has 0 unspecified atom stereocenters. The Bertz CT molecular complexity index is 166. The van der Waals surface area contributed by atoms with E-state index in [0.29, 0.717) is 12.0 Å². The van der Waals surface area contributed by atoms with Gasteiger partial charge in [0.1, 0.15) is 0 Å². The highest BCUT2D eigenvalue weighted by Gasteiger charge is 2.03. The van der Waals surface area contributed by atoms with E-state index in [1.165, 1.54) is 6.26 Å². The Labute approximate surface area is 53.5 Å². The highest BCUT2D eigenvalue weighted by molar-refractivity contribution is 5.88. The number of nitriles is 1. The average Bonchev–Trinajstić information content (AvgIpc) is 1.87. The van der Waals surface area contributed by atoms with Crippen LogP contribution in [0.2, 0.25) is 0 Å². The number of rotatable bonds is 2. The van der Waals surface area contributed by atoms with Gasteiger partial charge >= 0.3 is 5.97 Å². The van der Waals surface area contributed by atoms with Crippen LogP contribution in [-0.4, -0.2) is 5.97 Å². The van der Waals surface area contributed by atoms with Crippen molar-refractivity contribution in [1.82, 2.24) is 0 Å². The van der Waals surface area contributed by atoms with Gasteiger partial charge in [0.2, 0.25) is 0 Å². The minimum atomic E-state index is -0.639. The lowest BCUT2D eigenvalue weighted by Gasteiger charge is -1.92. The van der Waals surface area contributed by atoms with Crippen molar-refractivity contribution in [3.8, 4) is 6.26 Å². The first-order chi connectivity index (χ1) is 4.22. The molecule has 0 heterocycles. The second-order valence-corrected chi connectivity index (χ2v) is 1.44. The summed E-state index contributed by atoms with van der Waals surface area (Å²) in [5.41, 5.74) is 0.316. The molecule has 0 N–H and O–H groups in total. The molecule has 0 rings (SSSR count). The van der Waals surface area contributed by atoms with Crippen LogP contribution in [0.4, 0.5) is 0 Å². The molecule has 0 bridgehead atoms. The second-order valence-electron chi connectivity index (χ2n) is 1.44. The normalized spacial score (nSPS) is 7.56. The molecule has 0 aromatic rings. The van der Waals surface area contributed by atoms with Crippen LogP contribution in [-0.2, 0) is 9.53 Å². The summed E-state index contributed by atoms with van der Waals surface area (Å²) in [5, 5.41) is 7.85. The molecule has 0 spiro atoms. The van der Waals surface area contributed by atoms with Crippen LogP contribution in [0.3, 0.4) is 0 Å². The van der Waals surface area contributed by atoms with E-state index >= 15 is 0 Å². The zero-order valence-corrected chi connectivity index (χ0v) is 5.18. The van der Waals surface area contributed by atoms with E-state index in [1.807, 2.05) is 0 Å². The molecule has 0 amide bonds. The van der Waals surface area contributed by atoms with Crippen molar-refractivity contribution in [2.75, 3.05) is 0 Å². The highest BCUT2D eigenvalue weighted by atomic mass is 16.5. The Hall–Kier alpha value is -1.30. The fourth-order valence-corrected chi connectivity index (χ4v) is 0.258. The van der Waals surface area contributed by atoms with E-state index < -0.39 is 5.97 Å². The van der Waals surface area contributed by atoms with Crippen molar-refractivity contribution in [1.29, 1.82) is 5.26 Å². The number of nitrogens with zero attached hydrogens (tertiary/aromatic N) is 1. The molecule has 0 aromatic heterocycles. The van der Waals surface area contributed by atoms with Crippen LogP contribution in [0.5, 0.6) is 0 Å². The third-order valence-electron chi connectivity index (χ3n) is 0.854. The molecular formula is C6H7NO2. The molecule has 0 aromatic carbocycles. The monoisotopic (exact) mass is 125 g/mol. The van der Waals surface area contributed by atoms with Gasteiger partial charge in [-0.2, -0.15) is 0 Å². The quantitative estimate of drug-likeness (QED) is 0.314. The predicted octanol–water partition coefficient (Wildman–Crippen LogP) is 0.977. The van der Waals surface area contributed by atoms with Gasteiger partial charge in [-0.15, -0.1) is 5.26 Å². The van der Waals surface area contributed by atoms with Gasteiger partial charge in [0.05, 0.1) is 0 Å². The largest absolute Gasteiger partial charge is 0.348 e. The van der Waals surface area contributed by atoms with Gasteiger partial charge < -0.3 is 4.74 Å². The van der Waals surface area contributed by atoms with Crippen molar-refractivity contribution in [2.45, 2.75) is 13.3 Å². The van der Waals surface area contributed by atoms with E-state index in [0.717, 1.165) is 0 Å². The van der Waals surface area contributed by atoms with Gasteiger partial charge in [-0.25, -0.2) is 4.79 Å². The molecule has 0 aliphatic carbocycles. The summed E-state index contributed by atoms with van der Waals surface area (Å²) in [7, 11) is 0. The molecular weight excluding hydrogens is 118 g/mol. The summed E-state index contributed by atoms with van der Waals surface area (Å²) >= 11 is 0. The lowest BCUT2D eigenvalue weighted by atomic mass is 10.2. The minimum Gasteiger partial charge on any atom is -0.347 e. The first-order valence-corrected chi connectivity index (χ1v) is 2.50. The maximum Gasteiger partial charge on any atom is 0.348 e. The summed E-state index contributed by atoms with van der Waals surface area (Å²) in [6.07, 6.45) is 1.79. The summed E-state index contributed by atoms with van der Waals surface area (Å²) in [6.45, 7) is 5.13. The molecule has 0 saturated carbocycles. The van der Waals surface area contributed by atoms with Crippen LogP contribution in [0.1, 0.15) is 13.3 Å². The Morgan fingerprint density at radius 1 is 1.89 bits per heavy atom. The van der Waals surface area contributed by atoms with E-state index in [4.69, 9.17) is 5.26 Å². The fourth-order valence-electron chi connectivity index (χ4n) is 0.258. The lowest BCUT2D eigenvalue weighted by Crippen LogP contribution is -2.01. The number of carbonyl (C=O) groups is 1.